The van der Waals surface area contributed by atoms with Gasteiger partial charge in [-0.25, -0.2) is 0 Å². The summed E-state index contributed by atoms with van der Waals surface area (Å²) < 4.78 is 0. The standard InChI is InChI=1S/C14H31N3O2/c1-6-17(11-14(4,5)18)10-8-7-9-13(2,3)12(15)16-19/h18-19H,6-11H2,1-5H3,(H2,15,16). The number of rotatable bonds is 9. The summed E-state index contributed by atoms with van der Waals surface area (Å²) >= 11 is 0. The van der Waals surface area contributed by atoms with Crippen LogP contribution in [0.3, 0.4) is 0 Å². The monoisotopic (exact) mass is 273 g/mol. The lowest BCUT2D eigenvalue weighted by atomic mass is 9.86. The summed E-state index contributed by atoms with van der Waals surface area (Å²) in [6, 6.07) is 0. The van der Waals surface area contributed by atoms with E-state index in [1.807, 2.05) is 27.7 Å². The Kier molecular flexibility index (Phi) is 7.37. The van der Waals surface area contributed by atoms with Crippen LogP contribution in [-0.2, 0) is 0 Å². The topological polar surface area (TPSA) is 82.1 Å². The first-order valence-electron chi connectivity index (χ1n) is 7.05. The first-order chi connectivity index (χ1) is 8.62. The second-order valence-corrected chi connectivity index (χ2v) is 6.51. The Hall–Kier alpha value is -0.810. The molecule has 0 atom stereocenters. The summed E-state index contributed by atoms with van der Waals surface area (Å²) in [6.45, 7) is 12.3. The Bertz CT molecular complexity index is 283. The molecule has 0 aromatic heterocycles. The third-order valence-electron chi connectivity index (χ3n) is 3.39. The fraction of sp³-hybridized carbons (Fsp3) is 0.929. The minimum Gasteiger partial charge on any atom is -0.409 e. The molecule has 0 aliphatic rings. The zero-order valence-electron chi connectivity index (χ0n) is 13.1. The highest BCUT2D eigenvalue weighted by molar-refractivity contribution is 5.85. The number of nitrogens with zero attached hydrogens (tertiary/aromatic N) is 2. The molecule has 0 radical (unpaired) electrons. The molecule has 0 aliphatic heterocycles. The third kappa shape index (κ3) is 8.06. The van der Waals surface area contributed by atoms with Crippen LogP contribution in [0.15, 0.2) is 5.16 Å². The van der Waals surface area contributed by atoms with Gasteiger partial charge in [-0.1, -0.05) is 32.3 Å². The SMILES string of the molecule is CCN(CCCCC(C)(C)C(N)=NO)CC(C)(C)O. The van der Waals surface area contributed by atoms with Crippen molar-refractivity contribution in [2.75, 3.05) is 19.6 Å². The molecule has 0 rings (SSSR count). The first kappa shape index (κ1) is 18.2. The van der Waals surface area contributed by atoms with E-state index in [-0.39, 0.29) is 11.3 Å². The Morgan fingerprint density at radius 2 is 1.79 bits per heavy atom. The summed E-state index contributed by atoms with van der Waals surface area (Å²) in [7, 11) is 0. The van der Waals surface area contributed by atoms with Gasteiger partial charge < -0.3 is 20.9 Å². The summed E-state index contributed by atoms with van der Waals surface area (Å²) in [5.41, 5.74) is 4.75. The second-order valence-electron chi connectivity index (χ2n) is 6.51. The van der Waals surface area contributed by atoms with Crippen molar-refractivity contribution in [3.05, 3.63) is 0 Å². The van der Waals surface area contributed by atoms with Crippen molar-refractivity contribution in [3.8, 4) is 0 Å². The van der Waals surface area contributed by atoms with Gasteiger partial charge in [-0.2, -0.15) is 0 Å². The van der Waals surface area contributed by atoms with Crippen LogP contribution < -0.4 is 5.73 Å². The van der Waals surface area contributed by atoms with Gasteiger partial charge in [-0.05, 0) is 39.8 Å². The molecule has 5 heteroatoms. The van der Waals surface area contributed by atoms with Crippen molar-refractivity contribution in [3.63, 3.8) is 0 Å². The maximum absolute atomic E-state index is 9.81. The normalized spacial score (nSPS) is 14.2. The van der Waals surface area contributed by atoms with Crippen LogP contribution >= 0.6 is 0 Å². The van der Waals surface area contributed by atoms with Gasteiger partial charge >= 0.3 is 0 Å². The van der Waals surface area contributed by atoms with Crippen molar-refractivity contribution in [1.82, 2.24) is 4.90 Å². The Morgan fingerprint density at radius 3 is 2.21 bits per heavy atom. The lowest BCUT2D eigenvalue weighted by Gasteiger charge is -2.28. The van der Waals surface area contributed by atoms with Gasteiger partial charge in [0.25, 0.3) is 0 Å². The molecule has 4 N–H and O–H groups in total. The molecule has 19 heavy (non-hydrogen) atoms. The highest BCUT2D eigenvalue weighted by Gasteiger charge is 2.23. The van der Waals surface area contributed by atoms with Gasteiger partial charge in [0.1, 0.15) is 5.84 Å². The number of unbranched alkanes of at least 4 members (excludes halogenated alkanes) is 1. The van der Waals surface area contributed by atoms with Crippen LogP contribution in [0.5, 0.6) is 0 Å². The highest BCUT2D eigenvalue weighted by Crippen LogP contribution is 2.23. The molecule has 0 heterocycles. The molecule has 0 aliphatic carbocycles. The van der Waals surface area contributed by atoms with Crippen molar-refractivity contribution in [1.29, 1.82) is 0 Å². The molecule has 0 fully saturated rings. The zero-order valence-corrected chi connectivity index (χ0v) is 13.1. The molecule has 0 saturated carbocycles. The molecule has 0 bridgehead atoms. The van der Waals surface area contributed by atoms with Gasteiger partial charge in [0.05, 0.1) is 5.60 Å². The van der Waals surface area contributed by atoms with E-state index in [1.54, 1.807) is 0 Å². The van der Waals surface area contributed by atoms with Crippen LogP contribution in [0.25, 0.3) is 0 Å². The van der Waals surface area contributed by atoms with E-state index in [4.69, 9.17) is 10.9 Å². The predicted octanol–water partition coefficient (Wildman–Crippen LogP) is 2.02. The molecule has 0 saturated heterocycles. The third-order valence-corrected chi connectivity index (χ3v) is 3.39. The molecule has 0 aromatic carbocycles. The molecule has 5 nitrogen and oxygen atoms in total. The van der Waals surface area contributed by atoms with Crippen LogP contribution in [0.1, 0.15) is 53.9 Å². The van der Waals surface area contributed by atoms with E-state index in [0.717, 1.165) is 32.4 Å². The average molecular weight is 273 g/mol. The predicted molar refractivity (Wildman–Crippen MR) is 79.5 cm³/mol. The number of aliphatic hydroxyl groups is 1. The summed E-state index contributed by atoms with van der Waals surface area (Å²) in [6.07, 6.45) is 2.96. The van der Waals surface area contributed by atoms with Crippen LogP contribution in [0.2, 0.25) is 0 Å². The first-order valence-corrected chi connectivity index (χ1v) is 7.05. The summed E-state index contributed by atoms with van der Waals surface area (Å²) in [5.74, 6) is 0.288. The average Bonchev–Trinajstić information content (AvgIpc) is 2.30. The fourth-order valence-corrected chi connectivity index (χ4v) is 2.06. The van der Waals surface area contributed by atoms with E-state index < -0.39 is 5.60 Å². The number of oxime groups is 1. The number of hydrogen-bond acceptors (Lipinski definition) is 4. The Labute approximate surface area is 117 Å². The van der Waals surface area contributed by atoms with Crippen molar-refractivity contribution >= 4 is 5.84 Å². The largest absolute Gasteiger partial charge is 0.409 e. The fourth-order valence-electron chi connectivity index (χ4n) is 2.06. The van der Waals surface area contributed by atoms with Crippen molar-refractivity contribution < 1.29 is 10.3 Å². The second kappa shape index (κ2) is 7.70. The molecule has 0 amide bonds. The van der Waals surface area contributed by atoms with E-state index >= 15 is 0 Å². The van der Waals surface area contributed by atoms with E-state index in [2.05, 4.69) is 17.0 Å². The highest BCUT2D eigenvalue weighted by atomic mass is 16.4. The summed E-state index contributed by atoms with van der Waals surface area (Å²) in [4.78, 5) is 2.25. The Morgan fingerprint density at radius 1 is 1.21 bits per heavy atom. The lowest BCUT2D eigenvalue weighted by molar-refractivity contribution is 0.0372. The maximum Gasteiger partial charge on any atom is 0.144 e. The minimum absolute atomic E-state index is 0.262. The van der Waals surface area contributed by atoms with Crippen LogP contribution in [0.4, 0.5) is 0 Å². The van der Waals surface area contributed by atoms with E-state index in [1.165, 1.54) is 0 Å². The maximum atomic E-state index is 9.81. The molecular formula is C14H31N3O2. The number of hydrogen-bond donors (Lipinski definition) is 3. The van der Waals surface area contributed by atoms with Crippen LogP contribution in [0, 0.1) is 5.41 Å². The van der Waals surface area contributed by atoms with E-state index in [9.17, 15) is 5.11 Å². The van der Waals surface area contributed by atoms with E-state index in [0.29, 0.717) is 6.54 Å². The van der Waals surface area contributed by atoms with Crippen molar-refractivity contribution in [2.45, 2.75) is 59.5 Å². The molecule has 0 spiro atoms. The van der Waals surface area contributed by atoms with Gasteiger partial charge in [0.15, 0.2) is 0 Å². The number of likely N-dealkylation sites (N-methyl/N-ethyl adjacent to an activating group) is 1. The quantitative estimate of drug-likeness (QED) is 0.197. The smallest absolute Gasteiger partial charge is 0.144 e. The number of nitrogens with two attached hydrogens (primary N) is 1. The molecule has 114 valence electrons. The summed E-state index contributed by atoms with van der Waals surface area (Å²) in [5, 5.41) is 21.6. The molecule has 0 aromatic rings. The van der Waals surface area contributed by atoms with Crippen LogP contribution in [-0.4, -0.2) is 46.3 Å². The van der Waals surface area contributed by atoms with Gasteiger partial charge in [0, 0.05) is 12.0 Å². The van der Waals surface area contributed by atoms with Crippen molar-refractivity contribution in [2.24, 2.45) is 16.3 Å². The zero-order chi connectivity index (χ0) is 15.1. The molecular weight excluding hydrogens is 242 g/mol. The number of amidine groups is 1. The lowest BCUT2D eigenvalue weighted by Crippen LogP contribution is -2.39. The Balaban J connectivity index is 4.03. The minimum atomic E-state index is -0.650. The van der Waals surface area contributed by atoms with Gasteiger partial charge in [0.2, 0.25) is 0 Å². The molecule has 0 unspecified atom stereocenters. The van der Waals surface area contributed by atoms with Gasteiger partial charge in [-0.15, -0.1) is 0 Å². The van der Waals surface area contributed by atoms with Gasteiger partial charge in [-0.3, -0.25) is 0 Å².